The average Bonchev–Trinajstić information content (AvgIpc) is 3.33. The van der Waals surface area contributed by atoms with Crippen LogP contribution in [-0.2, 0) is 13.5 Å². The highest BCUT2D eigenvalue weighted by molar-refractivity contribution is 9.10. The standard InChI is InChI=1S/C21H18BrN7O3/c1-4-14-17(22)16-18(26-14)27-21(28-20(16)31-12-5-11(30-3)7-23-8-12)32-13-6-15-19(24-9-13)29(2)10-25-15/h5-10H,4H2,1-3H3,(H,26,27,28). The molecule has 162 valence electrons. The summed E-state index contributed by atoms with van der Waals surface area (Å²) in [6.07, 6.45) is 7.25. The summed E-state index contributed by atoms with van der Waals surface area (Å²) in [5.41, 5.74) is 3.01. The molecule has 11 heteroatoms. The fraction of sp³-hybridized carbons (Fsp3) is 0.190. The van der Waals surface area contributed by atoms with Gasteiger partial charge in [-0.15, -0.1) is 0 Å². The number of aromatic amines is 1. The van der Waals surface area contributed by atoms with Crippen molar-refractivity contribution in [2.24, 2.45) is 7.05 Å². The van der Waals surface area contributed by atoms with Gasteiger partial charge in [0.25, 0.3) is 0 Å². The minimum Gasteiger partial charge on any atom is -0.495 e. The Morgan fingerprint density at radius 1 is 1.03 bits per heavy atom. The van der Waals surface area contributed by atoms with Gasteiger partial charge in [-0.1, -0.05) is 6.92 Å². The van der Waals surface area contributed by atoms with Gasteiger partial charge in [-0.05, 0) is 22.4 Å². The molecule has 5 aromatic rings. The third kappa shape index (κ3) is 3.60. The zero-order chi connectivity index (χ0) is 22.2. The average molecular weight is 496 g/mol. The van der Waals surface area contributed by atoms with Crippen LogP contribution in [0.4, 0.5) is 0 Å². The lowest BCUT2D eigenvalue weighted by molar-refractivity contribution is 0.399. The SMILES string of the molecule is CCc1[nH]c2nc(Oc3cnc4c(c3)ncn4C)nc(Oc3cncc(OC)c3)c2c1Br. The number of hydrogen-bond donors (Lipinski definition) is 1. The molecule has 0 saturated carbocycles. The summed E-state index contributed by atoms with van der Waals surface area (Å²) in [4.78, 5) is 25.2. The molecule has 0 fully saturated rings. The first-order chi connectivity index (χ1) is 15.6. The van der Waals surface area contributed by atoms with Crippen molar-refractivity contribution in [3.05, 3.63) is 47.2 Å². The smallest absolute Gasteiger partial charge is 0.327 e. The molecule has 0 unspecified atom stereocenters. The van der Waals surface area contributed by atoms with E-state index >= 15 is 0 Å². The van der Waals surface area contributed by atoms with Crippen LogP contribution in [0.5, 0.6) is 29.1 Å². The third-order valence-electron chi connectivity index (χ3n) is 4.84. The first-order valence-electron chi connectivity index (χ1n) is 9.75. The molecule has 0 bridgehead atoms. The Hall–Kier alpha value is -3.73. The number of imidazole rings is 1. The largest absolute Gasteiger partial charge is 0.495 e. The quantitative estimate of drug-likeness (QED) is 0.364. The topological polar surface area (TPSA) is 113 Å². The minimum atomic E-state index is 0.108. The van der Waals surface area contributed by atoms with Crippen molar-refractivity contribution in [2.45, 2.75) is 13.3 Å². The summed E-state index contributed by atoms with van der Waals surface area (Å²) >= 11 is 3.63. The lowest BCUT2D eigenvalue weighted by Crippen LogP contribution is -1.97. The number of H-pyrrole nitrogens is 1. The Kier molecular flexibility index (Phi) is 5.10. The predicted octanol–water partition coefficient (Wildman–Crippen LogP) is 4.55. The molecule has 0 aliphatic carbocycles. The van der Waals surface area contributed by atoms with Gasteiger partial charge in [-0.2, -0.15) is 9.97 Å². The van der Waals surface area contributed by atoms with Crippen molar-refractivity contribution in [3.63, 3.8) is 0 Å². The van der Waals surface area contributed by atoms with Crippen LogP contribution < -0.4 is 14.2 Å². The lowest BCUT2D eigenvalue weighted by atomic mass is 10.3. The number of aryl methyl sites for hydroxylation is 2. The number of aromatic nitrogens is 7. The molecule has 10 nitrogen and oxygen atoms in total. The van der Waals surface area contributed by atoms with E-state index < -0.39 is 0 Å². The summed E-state index contributed by atoms with van der Waals surface area (Å²) < 4.78 is 19.9. The normalized spacial score (nSPS) is 11.2. The number of methoxy groups -OCH3 is 1. The molecule has 0 saturated heterocycles. The Balaban J connectivity index is 1.58. The van der Waals surface area contributed by atoms with E-state index in [4.69, 9.17) is 14.2 Å². The van der Waals surface area contributed by atoms with Crippen LogP contribution in [0.1, 0.15) is 12.6 Å². The van der Waals surface area contributed by atoms with Gasteiger partial charge in [-0.3, -0.25) is 4.98 Å². The molecule has 0 aliphatic rings. The number of hydrogen-bond acceptors (Lipinski definition) is 8. The summed E-state index contributed by atoms with van der Waals surface area (Å²) in [7, 11) is 3.45. The van der Waals surface area contributed by atoms with Crippen LogP contribution in [0.25, 0.3) is 22.2 Å². The van der Waals surface area contributed by atoms with Gasteiger partial charge in [-0.25, -0.2) is 9.97 Å². The molecule has 5 aromatic heterocycles. The maximum atomic E-state index is 6.07. The molecule has 0 amide bonds. The molecule has 32 heavy (non-hydrogen) atoms. The summed E-state index contributed by atoms with van der Waals surface area (Å²) in [6.45, 7) is 2.04. The zero-order valence-electron chi connectivity index (χ0n) is 17.5. The van der Waals surface area contributed by atoms with Crippen LogP contribution in [0.3, 0.4) is 0 Å². The Morgan fingerprint density at radius 3 is 2.66 bits per heavy atom. The maximum absolute atomic E-state index is 6.07. The molecular formula is C21H18BrN7O3. The second kappa shape index (κ2) is 8.08. The number of nitrogens with one attached hydrogen (secondary N) is 1. The van der Waals surface area contributed by atoms with E-state index in [0.29, 0.717) is 39.7 Å². The van der Waals surface area contributed by atoms with E-state index in [1.54, 1.807) is 44.2 Å². The molecule has 0 spiro atoms. The summed E-state index contributed by atoms with van der Waals surface area (Å²) in [5, 5.41) is 0.704. The van der Waals surface area contributed by atoms with Gasteiger partial charge in [0.05, 0.1) is 41.9 Å². The highest BCUT2D eigenvalue weighted by Crippen LogP contribution is 2.37. The molecule has 5 heterocycles. The van der Waals surface area contributed by atoms with Gasteiger partial charge in [0.2, 0.25) is 5.88 Å². The zero-order valence-corrected chi connectivity index (χ0v) is 19.0. The van der Waals surface area contributed by atoms with E-state index in [1.807, 2.05) is 18.5 Å². The van der Waals surface area contributed by atoms with E-state index in [9.17, 15) is 0 Å². The van der Waals surface area contributed by atoms with Crippen molar-refractivity contribution in [2.75, 3.05) is 7.11 Å². The first-order valence-corrected chi connectivity index (χ1v) is 10.5. The Morgan fingerprint density at radius 2 is 1.84 bits per heavy atom. The second-order valence-corrected chi connectivity index (χ2v) is 7.73. The fourth-order valence-electron chi connectivity index (χ4n) is 3.26. The molecule has 1 N–H and O–H groups in total. The molecule has 0 radical (unpaired) electrons. The molecule has 0 atom stereocenters. The van der Waals surface area contributed by atoms with Gasteiger partial charge in [0.1, 0.15) is 16.9 Å². The van der Waals surface area contributed by atoms with E-state index in [2.05, 4.69) is 45.8 Å². The number of nitrogens with zero attached hydrogens (tertiary/aromatic N) is 6. The van der Waals surface area contributed by atoms with Crippen molar-refractivity contribution >= 4 is 38.1 Å². The first kappa shape index (κ1) is 20.2. The van der Waals surface area contributed by atoms with Crippen LogP contribution in [0.15, 0.2) is 41.5 Å². The van der Waals surface area contributed by atoms with Gasteiger partial charge in [0.15, 0.2) is 17.1 Å². The highest BCUT2D eigenvalue weighted by Gasteiger charge is 2.19. The van der Waals surface area contributed by atoms with Gasteiger partial charge in [0, 0.05) is 24.9 Å². The summed E-state index contributed by atoms with van der Waals surface area (Å²) in [6, 6.07) is 3.61. The van der Waals surface area contributed by atoms with Crippen molar-refractivity contribution < 1.29 is 14.2 Å². The third-order valence-corrected chi connectivity index (χ3v) is 5.71. The van der Waals surface area contributed by atoms with E-state index in [1.165, 1.54) is 0 Å². The number of pyridine rings is 2. The van der Waals surface area contributed by atoms with E-state index in [0.717, 1.165) is 22.2 Å². The van der Waals surface area contributed by atoms with Crippen LogP contribution >= 0.6 is 15.9 Å². The van der Waals surface area contributed by atoms with Gasteiger partial charge >= 0.3 is 6.01 Å². The summed E-state index contributed by atoms with van der Waals surface area (Å²) in [5.74, 6) is 1.82. The Labute approximate surface area is 190 Å². The molecule has 0 aromatic carbocycles. The van der Waals surface area contributed by atoms with Crippen molar-refractivity contribution in [1.29, 1.82) is 0 Å². The Bertz CT molecular complexity index is 1450. The molecule has 5 rings (SSSR count). The van der Waals surface area contributed by atoms with Crippen LogP contribution in [0, 0.1) is 0 Å². The predicted molar refractivity (Wildman–Crippen MR) is 120 cm³/mol. The second-order valence-electron chi connectivity index (χ2n) is 6.94. The van der Waals surface area contributed by atoms with Crippen LogP contribution in [-0.4, -0.2) is 41.6 Å². The van der Waals surface area contributed by atoms with Crippen molar-refractivity contribution in [1.82, 2.24) is 34.5 Å². The molecular weight excluding hydrogens is 478 g/mol. The minimum absolute atomic E-state index is 0.108. The van der Waals surface area contributed by atoms with E-state index in [-0.39, 0.29) is 6.01 Å². The number of halogens is 1. The lowest BCUT2D eigenvalue weighted by Gasteiger charge is -2.09. The van der Waals surface area contributed by atoms with Crippen molar-refractivity contribution in [3.8, 4) is 29.1 Å². The monoisotopic (exact) mass is 495 g/mol. The number of fused-ring (bicyclic) bond motifs is 2. The fourth-order valence-corrected chi connectivity index (χ4v) is 3.99. The number of ether oxygens (including phenoxy) is 3. The molecule has 0 aliphatic heterocycles. The maximum Gasteiger partial charge on any atom is 0.327 e. The number of rotatable bonds is 6. The van der Waals surface area contributed by atoms with Crippen LogP contribution in [0.2, 0.25) is 0 Å². The highest BCUT2D eigenvalue weighted by atomic mass is 79.9. The van der Waals surface area contributed by atoms with Gasteiger partial charge < -0.3 is 23.8 Å².